The van der Waals surface area contributed by atoms with Gasteiger partial charge in [-0.15, -0.1) is 0 Å². The number of hydrogen-bond donors (Lipinski definition) is 3. The molecule has 0 saturated heterocycles. The van der Waals surface area contributed by atoms with Gasteiger partial charge in [0.05, 0.1) is 6.21 Å². The molecule has 0 radical (unpaired) electrons. The molecule has 0 bridgehead atoms. The molecule has 0 fully saturated rings. The Morgan fingerprint density at radius 1 is 1.12 bits per heavy atom. The minimum atomic E-state index is -0.804. The molecule has 2 amide bonds. The summed E-state index contributed by atoms with van der Waals surface area (Å²) in [4.78, 5) is 22.9. The minimum Gasteiger partial charge on any atom is -0.355 e. The number of hydrogen-bond acceptors (Lipinski definition) is 4. The number of nitrogens with zero attached hydrogens (tertiary/aromatic N) is 1. The smallest absolute Gasteiger partial charge is 0.329 e. The van der Waals surface area contributed by atoms with Crippen molar-refractivity contribution in [2.45, 2.75) is 13.8 Å². The Morgan fingerprint density at radius 2 is 1.84 bits per heavy atom. The van der Waals surface area contributed by atoms with Crippen LogP contribution in [-0.4, -0.2) is 24.6 Å². The summed E-state index contributed by atoms with van der Waals surface area (Å²) in [6.07, 6.45) is 1.48. The van der Waals surface area contributed by atoms with E-state index in [1.807, 2.05) is 49.4 Å². The second-order valence-corrected chi connectivity index (χ2v) is 6.20. The summed E-state index contributed by atoms with van der Waals surface area (Å²) in [5.74, 6) is -1.52. The third-order valence-corrected chi connectivity index (χ3v) is 3.75. The molecule has 2 aromatic carbocycles. The molecule has 0 aliphatic carbocycles. The van der Waals surface area contributed by atoms with Crippen molar-refractivity contribution in [1.29, 1.82) is 0 Å². The number of benzene rings is 2. The van der Waals surface area contributed by atoms with E-state index in [2.05, 4.69) is 37.1 Å². The van der Waals surface area contributed by atoms with Crippen molar-refractivity contribution in [2.24, 2.45) is 5.10 Å². The summed E-state index contributed by atoms with van der Waals surface area (Å²) in [5, 5.41) is 9.57. The zero-order valence-electron chi connectivity index (χ0n) is 14.0. The molecule has 6 nitrogen and oxygen atoms in total. The van der Waals surface area contributed by atoms with E-state index in [9.17, 15) is 9.59 Å². The van der Waals surface area contributed by atoms with Gasteiger partial charge >= 0.3 is 11.8 Å². The number of halogens is 1. The van der Waals surface area contributed by atoms with Gasteiger partial charge in [-0.3, -0.25) is 9.59 Å². The molecule has 0 aliphatic rings. The van der Waals surface area contributed by atoms with Crippen molar-refractivity contribution in [1.82, 2.24) is 10.7 Å². The summed E-state index contributed by atoms with van der Waals surface area (Å²) in [5.41, 5.74) is 5.90. The average Bonchev–Trinajstić information content (AvgIpc) is 2.59. The van der Waals surface area contributed by atoms with Crippen LogP contribution in [0.2, 0.25) is 0 Å². The molecule has 0 aromatic heterocycles. The van der Waals surface area contributed by atoms with E-state index in [0.717, 1.165) is 21.4 Å². The van der Waals surface area contributed by atoms with Crippen molar-refractivity contribution in [3.05, 3.63) is 58.1 Å². The molecule has 130 valence electrons. The van der Waals surface area contributed by atoms with Crippen LogP contribution < -0.4 is 16.1 Å². The fourth-order valence-corrected chi connectivity index (χ4v) is 2.38. The lowest BCUT2D eigenvalue weighted by molar-refractivity contribution is -0.139. The van der Waals surface area contributed by atoms with Crippen LogP contribution in [0.15, 0.2) is 52.0 Å². The molecular formula is C18H19BrN4O2. The number of likely N-dealkylation sites (N-methyl/N-ethyl adjacent to an activating group) is 1. The number of aryl methyl sites for hydroxylation is 1. The molecule has 0 aliphatic heterocycles. The van der Waals surface area contributed by atoms with Crippen LogP contribution in [0.3, 0.4) is 0 Å². The standard InChI is InChI=1S/C18H19BrN4O2/c1-3-20-17(24)18(25)23-21-11-13-10-14(19)6-9-16(13)22-15-7-4-12(2)5-8-15/h4-11,22H,3H2,1-2H3,(H,20,24)(H,23,25)/b21-11-. The van der Waals surface area contributed by atoms with Crippen molar-refractivity contribution >= 4 is 45.3 Å². The Balaban J connectivity index is 2.12. The first-order chi connectivity index (χ1) is 12.0. The normalized spacial score (nSPS) is 10.5. The van der Waals surface area contributed by atoms with Gasteiger partial charge in [0.1, 0.15) is 0 Å². The highest BCUT2D eigenvalue weighted by molar-refractivity contribution is 9.10. The second-order valence-electron chi connectivity index (χ2n) is 5.28. The van der Waals surface area contributed by atoms with Gasteiger partial charge in [0.2, 0.25) is 0 Å². The van der Waals surface area contributed by atoms with E-state index in [0.29, 0.717) is 6.54 Å². The van der Waals surface area contributed by atoms with Gasteiger partial charge in [0.15, 0.2) is 0 Å². The topological polar surface area (TPSA) is 82.6 Å². The molecule has 0 spiro atoms. The highest BCUT2D eigenvalue weighted by Gasteiger charge is 2.10. The van der Waals surface area contributed by atoms with Crippen LogP contribution >= 0.6 is 15.9 Å². The van der Waals surface area contributed by atoms with Gasteiger partial charge in [-0.1, -0.05) is 33.6 Å². The average molecular weight is 403 g/mol. The van der Waals surface area contributed by atoms with Crippen LogP contribution in [0, 0.1) is 6.92 Å². The van der Waals surface area contributed by atoms with Crippen LogP contribution in [0.4, 0.5) is 11.4 Å². The summed E-state index contributed by atoms with van der Waals surface area (Å²) in [7, 11) is 0. The first-order valence-electron chi connectivity index (χ1n) is 7.74. The fourth-order valence-electron chi connectivity index (χ4n) is 2.00. The Labute approximate surface area is 154 Å². The summed E-state index contributed by atoms with van der Waals surface area (Å²) >= 11 is 3.41. The maximum Gasteiger partial charge on any atom is 0.329 e. The zero-order valence-corrected chi connectivity index (χ0v) is 15.6. The maximum atomic E-state index is 11.5. The van der Waals surface area contributed by atoms with Gasteiger partial charge in [0, 0.05) is 28.0 Å². The molecule has 2 rings (SSSR count). The first-order valence-corrected chi connectivity index (χ1v) is 8.53. The maximum absolute atomic E-state index is 11.5. The summed E-state index contributed by atoms with van der Waals surface area (Å²) in [6.45, 7) is 4.14. The van der Waals surface area contributed by atoms with Crippen LogP contribution in [0.1, 0.15) is 18.1 Å². The van der Waals surface area contributed by atoms with E-state index in [-0.39, 0.29) is 0 Å². The van der Waals surface area contributed by atoms with E-state index in [1.165, 1.54) is 11.8 Å². The van der Waals surface area contributed by atoms with Crippen molar-refractivity contribution in [2.75, 3.05) is 11.9 Å². The second kappa shape index (κ2) is 8.98. The monoisotopic (exact) mass is 402 g/mol. The molecule has 0 atom stereocenters. The van der Waals surface area contributed by atoms with E-state index < -0.39 is 11.8 Å². The number of nitrogens with one attached hydrogen (secondary N) is 3. The number of carbonyl (C=O) groups excluding carboxylic acids is 2. The Bertz CT molecular complexity index is 788. The highest BCUT2D eigenvalue weighted by atomic mass is 79.9. The van der Waals surface area contributed by atoms with Crippen molar-refractivity contribution in [3.63, 3.8) is 0 Å². The van der Waals surface area contributed by atoms with Crippen molar-refractivity contribution < 1.29 is 9.59 Å². The van der Waals surface area contributed by atoms with Gasteiger partial charge in [-0.05, 0) is 44.2 Å². The first kappa shape index (κ1) is 18.7. The molecule has 25 heavy (non-hydrogen) atoms. The van der Waals surface area contributed by atoms with E-state index >= 15 is 0 Å². The molecular weight excluding hydrogens is 384 g/mol. The Morgan fingerprint density at radius 3 is 2.52 bits per heavy atom. The third-order valence-electron chi connectivity index (χ3n) is 3.26. The largest absolute Gasteiger partial charge is 0.355 e. The lowest BCUT2D eigenvalue weighted by Crippen LogP contribution is -2.37. The fraction of sp³-hybridized carbons (Fsp3) is 0.167. The third kappa shape index (κ3) is 5.72. The molecule has 7 heteroatoms. The molecule has 0 unspecified atom stereocenters. The lowest BCUT2D eigenvalue weighted by atomic mass is 10.1. The lowest BCUT2D eigenvalue weighted by Gasteiger charge is -2.10. The predicted molar refractivity (Wildman–Crippen MR) is 103 cm³/mol. The molecule has 0 saturated carbocycles. The van der Waals surface area contributed by atoms with E-state index in [4.69, 9.17) is 0 Å². The molecule has 3 N–H and O–H groups in total. The predicted octanol–water partition coefficient (Wildman–Crippen LogP) is 3.09. The number of anilines is 2. The molecule has 2 aromatic rings. The zero-order chi connectivity index (χ0) is 18.2. The van der Waals surface area contributed by atoms with Crippen LogP contribution in [-0.2, 0) is 9.59 Å². The highest BCUT2D eigenvalue weighted by Crippen LogP contribution is 2.23. The number of amides is 2. The molecule has 0 heterocycles. The summed E-state index contributed by atoms with van der Waals surface area (Å²) in [6, 6.07) is 13.7. The van der Waals surface area contributed by atoms with Crippen molar-refractivity contribution in [3.8, 4) is 0 Å². The number of carbonyl (C=O) groups is 2. The van der Waals surface area contributed by atoms with Gasteiger partial charge < -0.3 is 10.6 Å². The van der Waals surface area contributed by atoms with Gasteiger partial charge in [0.25, 0.3) is 0 Å². The van der Waals surface area contributed by atoms with Gasteiger partial charge in [-0.25, -0.2) is 5.43 Å². The summed E-state index contributed by atoms with van der Waals surface area (Å²) < 4.78 is 0.874. The van der Waals surface area contributed by atoms with E-state index in [1.54, 1.807) is 6.92 Å². The Kier molecular flexibility index (Phi) is 6.71. The Hall–Kier alpha value is -2.67. The minimum absolute atomic E-state index is 0.381. The number of hydrazone groups is 1. The SMILES string of the molecule is CCNC(=O)C(=O)N/N=C\c1cc(Br)ccc1Nc1ccc(C)cc1. The van der Waals surface area contributed by atoms with Crippen LogP contribution in [0.25, 0.3) is 0 Å². The quantitative estimate of drug-likeness (QED) is 0.408. The van der Waals surface area contributed by atoms with Crippen LogP contribution in [0.5, 0.6) is 0 Å². The number of rotatable bonds is 5. The van der Waals surface area contributed by atoms with Gasteiger partial charge in [-0.2, -0.15) is 5.10 Å².